The smallest absolute Gasteiger partial charge is 0.0545 e. The van der Waals surface area contributed by atoms with Crippen molar-refractivity contribution in [1.29, 1.82) is 0 Å². The molecule has 0 bridgehead atoms. The molecule has 0 unspecified atom stereocenters. The van der Waals surface area contributed by atoms with Crippen molar-refractivity contribution in [2.24, 2.45) is 5.73 Å². The monoisotopic (exact) mass is 189 g/mol. The maximum atomic E-state index is 5.90. The van der Waals surface area contributed by atoms with E-state index in [2.05, 4.69) is 6.92 Å². The van der Waals surface area contributed by atoms with Crippen LogP contribution < -0.4 is 5.73 Å². The van der Waals surface area contributed by atoms with Crippen LogP contribution in [0.25, 0.3) is 0 Å². The molecule has 0 saturated carbocycles. The van der Waals surface area contributed by atoms with Crippen LogP contribution >= 0.6 is 22.9 Å². The number of halogens is 1. The molecule has 0 radical (unpaired) electrons. The second-order valence-electron chi connectivity index (χ2n) is 2.56. The third-order valence-corrected chi connectivity index (χ3v) is 3.07. The fourth-order valence-corrected chi connectivity index (χ4v) is 2.06. The van der Waals surface area contributed by atoms with Crippen LogP contribution in [0.1, 0.15) is 18.2 Å². The lowest BCUT2D eigenvalue weighted by Crippen LogP contribution is -2.20. The van der Waals surface area contributed by atoms with Crippen molar-refractivity contribution in [3.8, 4) is 0 Å². The number of thiophene rings is 1. The molecule has 0 amide bonds. The van der Waals surface area contributed by atoms with Crippen LogP contribution in [0.3, 0.4) is 0 Å². The molecule has 11 heavy (non-hydrogen) atoms. The van der Waals surface area contributed by atoms with E-state index >= 15 is 0 Å². The molecule has 0 spiro atoms. The highest BCUT2D eigenvalue weighted by molar-refractivity contribution is 7.10. The van der Waals surface area contributed by atoms with E-state index in [4.69, 9.17) is 17.3 Å². The van der Waals surface area contributed by atoms with Gasteiger partial charge in [-0.1, -0.05) is 18.5 Å². The number of hydrogen-bond donors (Lipinski definition) is 1. The van der Waals surface area contributed by atoms with Crippen LogP contribution in [-0.2, 0) is 6.42 Å². The third kappa shape index (κ3) is 2.47. The fraction of sp³-hybridized carbons (Fsp3) is 0.500. The van der Waals surface area contributed by atoms with E-state index in [1.807, 2.05) is 11.4 Å². The van der Waals surface area contributed by atoms with Gasteiger partial charge >= 0.3 is 0 Å². The van der Waals surface area contributed by atoms with Gasteiger partial charge in [0.2, 0.25) is 0 Å². The quantitative estimate of drug-likeness (QED) is 0.778. The summed E-state index contributed by atoms with van der Waals surface area (Å²) in [5, 5.41) is 2.86. The van der Waals surface area contributed by atoms with Crippen molar-refractivity contribution in [3.63, 3.8) is 0 Å². The first-order valence-corrected chi connectivity index (χ1v) is 4.97. The van der Waals surface area contributed by atoms with Crippen molar-refractivity contribution in [2.45, 2.75) is 25.8 Å². The largest absolute Gasteiger partial charge is 0.327 e. The Balaban J connectivity index is 2.56. The molecule has 0 fully saturated rings. The lowest BCUT2D eigenvalue weighted by molar-refractivity contribution is 0.652. The Morgan fingerprint density at radius 3 is 2.91 bits per heavy atom. The average Bonchev–Trinajstić information content (AvgIpc) is 2.37. The molecule has 2 N–H and O–H groups in total. The van der Waals surface area contributed by atoms with Gasteiger partial charge in [-0.25, -0.2) is 0 Å². The highest BCUT2D eigenvalue weighted by Gasteiger charge is 2.05. The van der Waals surface area contributed by atoms with Crippen LogP contribution in [0.5, 0.6) is 0 Å². The van der Waals surface area contributed by atoms with Crippen molar-refractivity contribution < 1.29 is 0 Å². The Morgan fingerprint density at radius 1 is 1.73 bits per heavy atom. The summed E-state index contributed by atoms with van der Waals surface area (Å²) in [4.78, 5) is 1.21. The maximum Gasteiger partial charge on any atom is 0.0545 e. The summed E-state index contributed by atoms with van der Waals surface area (Å²) in [7, 11) is 0. The van der Waals surface area contributed by atoms with Crippen LogP contribution in [0.15, 0.2) is 11.4 Å². The van der Waals surface area contributed by atoms with E-state index in [0.29, 0.717) is 0 Å². The highest BCUT2D eigenvalue weighted by atomic mass is 35.5. The second-order valence-corrected chi connectivity index (χ2v) is 3.97. The molecule has 62 valence electrons. The van der Waals surface area contributed by atoms with Gasteiger partial charge in [0.05, 0.1) is 5.02 Å². The van der Waals surface area contributed by atoms with Gasteiger partial charge in [-0.05, 0) is 24.3 Å². The van der Waals surface area contributed by atoms with Gasteiger partial charge in [-0.2, -0.15) is 0 Å². The summed E-state index contributed by atoms with van der Waals surface area (Å²) in [6.07, 6.45) is 1.92. The zero-order valence-electron chi connectivity index (χ0n) is 6.51. The van der Waals surface area contributed by atoms with Crippen LogP contribution in [0.4, 0.5) is 0 Å². The summed E-state index contributed by atoms with van der Waals surface area (Å²) in [5.74, 6) is 0. The molecule has 3 heteroatoms. The van der Waals surface area contributed by atoms with E-state index in [1.54, 1.807) is 11.3 Å². The Kier molecular flexibility index (Phi) is 3.37. The zero-order chi connectivity index (χ0) is 8.27. The molecule has 0 aliphatic carbocycles. The lowest BCUT2D eigenvalue weighted by atomic mass is 10.1. The molecule has 0 aliphatic heterocycles. The maximum absolute atomic E-state index is 5.90. The van der Waals surface area contributed by atoms with Crippen molar-refractivity contribution in [1.82, 2.24) is 0 Å². The SMILES string of the molecule is CC[C@@H](N)Cc1sccc1Cl. The normalized spacial score (nSPS) is 13.4. The molecule has 0 saturated heterocycles. The highest BCUT2D eigenvalue weighted by Crippen LogP contribution is 2.23. The van der Waals surface area contributed by atoms with Gasteiger partial charge in [0.1, 0.15) is 0 Å². The topological polar surface area (TPSA) is 26.0 Å². The van der Waals surface area contributed by atoms with Gasteiger partial charge < -0.3 is 5.73 Å². The van der Waals surface area contributed by atoms with E-state index < -0.39 is 0 Å². The Bertz CT molecular complexity index is 222. The fourth-order valence-electron chi connectivity index (χ4n) is 0.853. The first kappa shape index (κ1) is 9.04. The zero-order valence-corrected chi connectivity index (χ0v) is 8.08. The molecule has 1 heterocycles. The van der Waals surface area contributed by atoms with E-state index in [9.17, 15) is 0 Å². The van der Waals surface area contributed by atoms with E-state index in [-0.39, 0.29) is 6.04 Å². The van der Waals surface area contributed by atoms with Crippen molar-refractivity contribution in [3.05, 3.63) is 21.3 Å². The molecule has 1 aromatic heterocycles. The molecule has 1 atom stereocenters. The van der Waals surface area contributed by atoms with Crippen LogP contribution in [-0.4, -0.2) is 6.04 Å². The molecular formula is C8H12ClNS. The second kappa shape index (κ2) is 4.10. The van der Waals surface area contributed by atoms with E-state index in [1.165, 1.54) is 4.88 Å². The first-order chi connectivity index (χ1) is 5.24. The Morgan fingerprint density at radius 2 is 2.45 bits per heavy atom. The molecule has 0 aliphatic rings. The molecule has 1 aromatic rings. The first-order valence-electron chi connectivity index (χ1n) is 3.71. The summed E-state index contributed by atoms with van der Waals surface area (Å²) in [5.41, 5.74) is 5.78. The van der Waals surface area contributed by atoms with Gasteiger partial charge in [0.15, 0.2) is 0 Å². The van der Waals surface area contributed by atoms with Gasteiger partial charge in [0, 0.05) is 10.9 Å². The summed E-state index contributed by atoms with van der Waals surface area (Å²) < 4.78 is 0. The third-order valence-electron chi connectivity index (χ3n) is 1.66. The molecule has 0 aromatic carbocycles. The number of rotatable bonds is 3. The van der Waals surface area contributed by atoms with Crippen LogP contribution in [0, 0.1) is 0 Å². The summed E-state index contributed by atoms with van der Waals surface area (Å²) in [6.45, 7) is 2.09. The number of hydrogen-bond acceptors (Lipinski definition) is 2. The predicted octanol–water partition coefficient (Wildman–Crippen LogP) is 2.68. The minimum absolute atomic E-state index is 0.256. The van der Waals surface area contributed by atoms with Gasteiger partial charge in [0.25, 0.3) is 0 Å². The summed E-state index contributed by atoms with van der Waals surface area (Å²) in [6, 6.07) is 2.18. The molecule has 1 rings (SSSR count). The van der Waals surface area contributed by atoms with E-state index in [0.717, 1.165) is 17.9 Å². The standard InChI is InChI=1S/C8H12ClNS/c1-2-6(10)5-8-7(9)3-4-11-8/h3-4,6H,2,5,10H2,1H3/t6-/m1/s1. The minimum atomic E-state index is 0.256. The minimum Gasteiger partial charge on any atom is -0.327 e. The van der Waals surface area contributed by atoms with Gasteiger partial charge in [-0.15, -0.1) is 11.3 Å². The molecular weight excluding hydrogens is 178 g/mol. The summed E-state index contributed by atoms with van der Waals surface area (Å²) >= 11 is 7.58. The van der Waals surface area contributed by atoms with Crippen LogP contribution in [0.2, 0.25) is 5.02 Å². The Labute approximate surface area is 76.2 Å². The van der Waals surface area contributed by atoms with Gasteiger partial charge in [-0.3, -0.25) is 0 Å². The average molecular weight is 190 g/mol. The van der Waals surface area contributed by atoms with Crippen molar-refractivity contribution >= 4 is 22.9 Å². The van der Waals surface area contributed by atoms with Crippen molar-refractivity contribution in [2.75, 3.05) is 0 Å². The molecule has 1 nitrogen and oxygen atoms in total. The predicted molar refractivity (Wildman–Crippen MR) is 51.3 cm³/mol. The number of nitrogens with two attached hydrogens (primary N) is 1. The lowest BCUT2D eigenvalue weighted by Gasteiger charge is -2.05. The Hall–Kier alpha value is -0.0500.